The number of carbonyl (C=O) groups excluding carboxylic acids is 2. The maximum atomic E-state index is 14.3. The first-order valence-electron chi connectivity index (χ1n) is 16.9. The molecule has 0 unspecified atom stereocenters. The van der Waals surface area contributed by atoms with Gasteiger partial charge in [0.1, 0.15) is 5.82 Å². The van der Waals surface area contributed by atoms with E-state index in [1.165, 1.54) is 18.7 Å². The van der Waals surface area contributed by atoms with Crippen LogP contribution >= 0.6 is 0 Å². The number of H-pyrrole nitrogens is 1. The average Bonchev–Trinajstić information content (AvgIpc) is 3.78. The minimum absolute atomic E-state index is 0.0692. The summed E-state index contributed by atoms with van der Waals surface area (Å²) in [6.07, 6.45) is 5.74. The molecule has 0 saturated carbocycles. The molecule has 0 aliphatic carbocycles. The zero-order valence-corrected chi connectivity index (χ0v) is 28.2. The Kier molecular flexibility index (Phi) is 9.66. The number of ether oxygens (including phenoxy) is 2. The molecule has 4 heterocycles. The number of hydrogen-bond acceptors (Lipinski definition) is 8. The summed E-state index contributed by atoms with van der Waals surface area (Å²) in [6, 6.07) is 20.5. The normalized spacial score (nSPS) is 18.5. The van der Waals surface area contributed by atoms with Crippen LogP contribution in [0.15, 0.2) is 79.1 Å². The number of rotatable bonds is 10. The Morgan fingerprint density at radius 2 is 1.74 bits per heavy atom. The molecule has 2 fully saturated rings. The second-order valence-corrected chi connectivity index (χ2v) is 13.0. The van der Waals surface area contributed by atoms with Crippen LogP contribution in [0.25, 0.3) is 33.5 Å². The van der Waals surface area contributed by atoms with E-state index in [0.29, 0.717) is 61.3 Å². The number of piperidine rings is 1. The molecule has 2 saturated heterocycles. The molecule has 3 aromatic carbocycles. The van der Waals surface area contributed by atoms with E-state index in [2.05, 4.69) is 49.7 Å². The lowest BCUT2D eigenvalue weighted by Crippen LogP contribution is -2.48. The van der Waals surface area contributed by atoms with Crippen molar-refractivity contribution in [3.8, 4) is 22.6 Å². The molecule has 2 amide bonds. The van der Waals surface area contributed by atoms with Crippen molar-refractivity contribution in [3.63, 3.8) is 0 Å². The standard InChI is InChI=1S/C38H40FN7O4/c1-49-23-29-20-28(8-10-32(29)39)35-31-21-30(9-11-33(31)43-44-35)42-37(48)38(50-2)14-19-45(24-38)22-34(47)46-17-12-26(13-18-46)25-4-6-27(7-5-25)36-40-15-3-16-41-36/h3-11,15-16,20-21,26H,12-14,17-19,22-24H2,1-2H3,(H,42,48)(H,43,44)/t38-/m0/s1. The Morgan fingerprint density at radius 3 is 2.48 bits per heavy atom. The van der Waals surface area contributed by atoms with Gasteiger partial charge in [0, 0.05) is 80.6 Å². The highest BCUT2D eigenvalue weighted by molar-refractivity contribution is 6.01. The highest BCUT2D eigenvalue weighted by Crippen LogP contribution is 2.33. The molecular formula is C38H40FN7O4. The number of benzene rings is 3. The molecule has 5 aromatic rings. The van der Waals surface area contributed by atoms with Gasteiger partial charge in [0.15, 0.2) is 11.4 Å². The van der Waals surface area contributed by atoms with E-state index in [-0.39, 0.29) is 30.8 Å². The molecule has 2 aromatic heterocycles. The van der Waals surface area contributed by atoms with Gasteiger partial charge < -0.3 is 19.7 Å². The Hall–Kier alpha value is -5.04. The van der Waals surface area contributed by atoms with Crippen LogP contribution in [0.2, 0.25) is 0 Å². The van der Waals surface area contributed by atoms with Crippen molar-refractivity contribution in [1.29, 1.82) is 0 Å². The molecule has 0 radical (unpaired) electrons. The van der Waals surface area contributed by atoms with Gasteiger partial charge in [-0.2, -0.15) is 5.10 Å². The number of fused-ring (bicyclic) bond motifs is 1. The Labute approximate surface area is 289 Å². The molecule has 258 valence electrons. The molecule has 50 heavy (non-hydrogen) atoms. The summed E-state index contributed by atoms with van der Waals surface area (Å²) < 4.78 is 25.2. The monoisotopic (exact) mass is 677 g/mol. The lowest BCUT2D eigenvalue weighted by molar-refractivity contribution is -0.138. The number of hydrogen-bond donors (Lipinski definition) is 2. The summed E-state index contributed by atoms with van der Waals surface area (Å²) in [6.45, 7) is 2.65. The average molecular weight is 678 g/mol. The van der Waals surface area contributed by atoms with E-state index in [1.807, 2.05) is 21.9 Å². The number of amides is 2. The molecule has 1 atom stereocenters. The van der Waals surface area contributed by atoms with Crippen LogP contribution in [0.5, 0.6) is 0 Å². The van der Waals surface area contributed by atoms with Gasteiger partial charge in [0.25, 0.3) is 5.91 Å². The number of nitrogens with one attached hydrogen (secondary N) is 2. The van der Waals surface area contributed by atoms with Crippen molar-refractivity contribution in [3.05, 3.63) is 96.1 Å². The first-order valence-corrected chi connectivity index (χ1v) is 16.9. The van der Waals surface area contributed by atoms with Crippen molar-refractivity contribution in [2.45, 2.75) is 37.4 Å². The van der Waals surface area contributed by atoms with Gasteiger partial charge >= 0.3 is 0 Å². The lowest BCUT2D eigenvalue weighted by Gasteiger charge is -2.33. The number of anilines is 1. The maximum Gasteiger partial charge on any atom is 0.258 e. The summed E-state index contributed by atoms with van der Waals surface area (Å²) in [7, 11) is 3.06. The first kappa shape index (κ1) is 33.5. The zero-order chi connectivity index (χ0) is 34.7. The topological polar surface area (TPSA) is 126 Å². The third kappa shape index (κ3) is 6.87. The van der Waals surface area contributed by atoms with E-state index < -0.39 is 5.60 Å². The Morgan fingerprint density at radius 1 is 0.980 bits per heavy atom. The molecular weight excluding hydrogens is 637 g/mol. The molecule has 11 nitrogen and oxygen atoms in total. The van der Waals surface area contributed by atoms with E-state index in [4.69, 9.17) is 9.47 Å². The van der Waals surface area contributed by atoms with Gasteiger partial charge in [-0.25, -0.2) is 14.4 Å². The minimum Gasteiger partial charge on any atom is -0.380 e. The second-order valence-electron chi connectivity index (χ2n) is 13.0. The SMILES string of the molecule is COCc1cc(-c2n[nH]c3ccc(NC(=O)[C@]4(OC)CCN(CC(=O)N5CCC(c6ccc(-c7ncccn7)cc6)CC5)C4)cc23)ccc1F. The van der Waals surface area contributed by atoms with Crippen molar-refractivity contribution in [1.82, 2.24) is 30.0 Å². The van der Waals surface area contributed by atoms with E-state index in [0.717, 1.165) is 34.9 Å². The lowest BCUT2D eigenvalue weighted by atomic mass is 9.89. The number of nitrogens with zero attached hydrogens (tertiary/aromatic N) is 5. The van der Waals surface area contributed by atoms with Crippen LogP contribution in [-0.4, -0.2) is 94.3 Å². The predicted octanol–water partition coefficient (Wildman–Crippen LogP) is 5.41. The highest BCUT2D eigenvalue weighted by atomic mass is 19.1. The summed E-state index contributed by atoms with van der Waals surface area (Å²) in [5, 5.41) is 11.3. The Balaban J connectivity index is 0.949. The molecule has 2 N–H and O–H groups in total. The quantitative estimate of drug-likeness (QED) is 0.201. The number of methoxy groups -OCH3 is 2. The minimum atomic E-state index is -1.09. The summed E-state index contributed by atoms with van der Waals surface area (Å²) in [5.74, 6) is 0.556. The van der Waals surface area contributed by atoms with Crippen LogP contribution in [0.4, 0.5) is 10.1 Å². The third-order valence-corrected chi connectivity index (χ3v) is 9.97. The fraction of sp³-hybridized carbons (Fsp3) is 0.342. The zero-order valence-electron chi connectivity index (χ0n) is 28.2. The van der Waals surface area contributed by atoms with Crippen LogP contribution in [-0.2, 0) is 25.7 Å². The largest absolute Gasteiger partial charge is 0.380 e. The molecule has 12 heteroatoms. The predicted molar refractivity (Wildman–Crippen MR) is 188 cm³/mol. The molecule has 2 aliphatic heterocycles. The molecule has 7 rings (SSSR count). The van der Waals surface area contributed by atoms with Crippen LogP contribution in [0.1, 0.15) is 36.3 Å². The maximum absolute atomic E-state index is 14.3. The highest BCUT2D eigenvalue weighted by Gasteiger charge is 2.45. The van der Waals surface area contributed by atoms with Crippen molar-refractivity contribution < 1.29 is 23.5 Å². The molecule has 2 aliphatic rings. The fourth-order valence-electron chi connectivity index (χ4n) is 7.09. The molecule has 0 spiro atoms. The summed E-state index contributed by atoms with van der Waals surface area (Å²) in [4.78, 5) is 39.7. The van der Waals surface area contributed by atoms with E-state index in [1.54, 1.807) is 43.8 Å². The second kappa shape index (κ2) is 14.4. The number of carbonyl (C=O) groups is 2. The number of aromatic nitrogens is 4. The van der Waals surface area contributed by atoms with Crippen molar-refractivity contribution in [2.24, 2.45) is 0 Å². The van der Waals surface area contributed by atoms with Gasteiger partial charge in [0.05, 0.1) is 24.4 Å². The number of aromatic amines is 1. The fourth-order valence-corrected chi connectivity index (χ4v) is 7.09. The van der Waals surface area contributed by atoms with Gasteiger partial charge in [-0.05, 0) is 73.2 Å². The number of likely N-dealkylation sites (tertiary alicyclic amines) is 2. The van der Waals surface area contributed by atoms with Crippen LogP contribution < -0.4 is 5.32 Å². The van der Waals surface area contributed by atoms with Gasteiger partial charge in [0.2, 0.25) is 5.91 Å². The first-order chi connectivity index (χ1) is 24.4. The summed E-state index contributed by atoms with van der Waals surface area (Å²) >= 11 is 0. The summed E-state index contributed by atoms with van der Waals surface area (Å²) in [5.41, 5.74) is 4.33. The van der Waals surface area contributed by atoms with E-state index >= 15 is 0 Å². The Bertz CT molecular complexity index is 1980. The van der Waals surface area contributed by atoms with Crippen molar-refractivity contribution in [2.75, 3.05) is 52.3 Å². The number of halogens is 1. The molecule has 0 bridgehead atoms. The van der Waals surface area contributed by atoms with Gasteiger partial charge in [-0.15, -0.1) is 0 Å². The van der Waals surface area contributed by atoms with Crippen LogP contribution in [0, 0.1) is 5.82 Å². The van der Waals surface area contributed by atoms with Crippen molar-refractivity contribution >= 4 is 28.4 Å². The smallest absolute Gasteiger partial charge is 0.258 e. The van der Waals surface area contributed by atoms with Gasteiger partial charge in [-0.1, -0.05) is 24.3 Å². The van der Waals surface area contributed by atoms with Crippen LogP contribution in [0.3, 0.4) is 0 Å². The van der Waals surface area contributed by atoms with E-state index in [9.17, 15) is 14.0 Å². The van der Waals surface area contributed by atoms with Gasteiger partial charge in [-0.3, -0.25) is 19.6 Å². The third-order valence-electron chi connectivity index (χ3n) is 9.97.